The van der Waals surface area contributed by atoms with Crippen molar-refractivity contribution in [1.82, 2.24) is 29.1 Å². The van der Waals surface area contributed by atoms with E-state index in [-0.39, 0.29) is 5.52 Å². The largest absolute Gasteiger partial charge is 0.417 e. The molecule has 158 valence electrons. The molecule has 4 aromatic rings. The molecular formula is C20H16F3N7S. The number of aryl methyl sites for hydroxylation is 1. The zero-order valence-corrected chi connectivity index (χ0v) is 17.4. The first-order chi connectivity index (χ1) is 14.8. The highest BCUT2D eigenvalue weighted by molar-refractivity contribution is 7.99. The second kappa shape index (κ2) is 6.68. The first kappa shape index (κ1) is 19.8. The molecule has 11 heteroatoms. The van der Waals surface area contributed by atoms with Gasteiger partial charge in [0, 0.05) is 19.4 Å². The van der Waals surface area contributed by atoms with Crippen molar-refractivity contribution in [3.05, 3.63) is 35.8 Å². The van der Waals surface area contributed by atoms with Gasteiger partial charge in [-0.15, -0.1) is 11.8 Å². The first-order valence-electron chi connectivity index (χ1n) is 9.61. The summed E-state index contributed by atoms with van der Waals surface area (Å²) in [5.41, 5.74) is 0.959. The van der Waals surface area contributed by atoms with Crippen molar-refractivity contribution in [2.45, 2.75) is 36.4 Å². The standard InChI is InChI=1S/C20H16F3N7S/c1-3-31-18-14(16-25-7-4-13(30(16)28-18)19(10-24)5-6-19)17-27-12-8-11(20(21,22)23)9-26-15(12)29(17)2/h4,7-9H,3,5-6H2,1-2H3. The second-order valence-corrected chi connectivity index (χ2v) is 8.68. The number of fused-ring (bicyclic) bond motifs is 2. The summed E-state index contributed by atoms with van der Waals surface area (Å²) in [7, 11) is 1.70. The maximum atomic E-state index is 13.1. The average molecular weight is 443 g/mol. The van der Waals surface area contributed by atoms with Crippen molar-refractivity contribution in [2.24, 2.45) is 7.05 Å². The fraction of sp³-hybridized carbons (Fsp3) is 0.350. The normalized spacial score (nSPS) is 15.5. The van der Waals surface area contributed by atoms with Gasteiger partial charge < -0.3 is 4.57 Å². The summed E-state index contributed by atoms with van der Waals surface area (Å²) in [4.78, 5) is 13.0. The molecule has 4 heterocycles. The van der Waals surface area contributed by atoms with Gasteiger partial charge in [0.25, 0.3) is 0 Å². The van der Waals surface area contributed by atoms with Crippen LogP contribution in [0, 0.1) is 11.3 Å². The highest BCUT2D eigenvalue weighted by atomic mass is 32.2. The van der Waals surface area contributed by atoms with Gasteiger partial charge in [0.05, 0.1) is 28.3 Å². The van der Waals surface area contributed by atoms with Gasteiger partial charge in [0.2, 0.25) is 0 Å². The minimum atomic E-state index is -4.50. The Morgan fingerprint density at radius 1 is 1.26 bits per heavy atom. The Bertz CT molecular complexity index is 1380. The third-order valence-electron chi connectivity index (χ3n) is 5.48. The predicted molar refractivity (Wildman–Crippen MR) is 108 cm³/mol. The molecule has 1 fully saturated rings. The number of halogens is 3. The number of hydrogen-bond acceptors (Lipinski definition) is 6. The molecule has 4 aromatic heterocycles. The number of hydrogen-bond donors (Lipinski definition) is 0. The topological polar surface area (TPSA) is 84.7 Å². The van der Waals surface area contributed by atoms with Crippen LogP contribution < -0.4 is 0 Å². The van der Waals surface area contributed by atoms with Crippen molar-refractivity contribution >= 4 is 28.6 Å². The molecule has 0 amide bonds. The van der Waals surface area contributed by atoms with Crippen molar-refractivity contribution in [1.29, 1.82) is 5.26 Å². The van der Waals surface area contributed by atoms with E-state index in [1.165, 1.54) is 11.8 Å². The Morgan fingerprint density at radius 3 is 2.68 bits per heavy atom. The summed E-state index contributed by atoms with van der Waals surface area (Å²) in [6.07, 6.45) is -0.546. The lowest BCUT2D eigenvalue weighted by molar-refractivity contribution is -0.137. The van der Waals surface area contributed by atoms with Gasteiger partial charge in [0.15, 0.2) is 11.3 Å². The number of imidazole rings is 1. The number of thioether (sulfide) groups is 1. The minimum absolute atomic E-state index is 0.144. The van der Waals surface area contributed by atoms with Gasteiger partial charge in [-0.05, 0) is 30.7 Å². The zero-order chi connectivity index (χ0) is 22.0. The number of nitrogens with zero attached hydrogens (tertiary/aromatic N) is 7. The monoisotopic (exact) mass is 443 g/mol. The molecule has 0 radical (unpaired) electrons. The molecule has 7 nitrogen and oxygen atoms in total. The van der Waals surface area contributed by atoms with Crippen LogP contribution in [0.4, 0.5) is 13.2 Å². The molecule has 5 rings (SSSR count). The van der Waals surface area contributed by atoms with Gasteiger partial charge in [-0.2, -0.15) is 23.5 Å². The molecule has 0 aliphatic heterocycles. The van der Waals surface area contributed by atoms with Crippen molar-refractivity contribution in [3.63, 3.8) is 0 Å². The molecule has 0 aromatic carbocycles. The number of rotatable bonds is 4. The van der Waals surface area contributed by atoms with Crippen molar-refractivity contribution < 1.29 is 13.2 Å². The maximum Gasteiger partial charge on any atom is 0.417 e. The molecule has 1 aliphatic rings. The summed E-state index contributed by atoms with van der Waals surface area (Å²) in [5, 5.41) is 15.0. The number of aromatic nitrogens is 6. The molecule has 1 saturated carbocycles. The van der Waals surface area contributed by atoms with Crippen LogP contribution in [-0.4, -0.2) is 34.9 Å². The summed E-state index contributed by atoms with van der Waals surface area (Å²) >= 11 is 1.49. The first-order valence-corrected chi connectivity index (χ1v) is 10.6. The molecular weight excluding hydrogens is 427 g/mol. The number of alkyl halides is 3. The van der Waals surface area contributed by atoms with Crippen LogP contribution in [0.1, 0.15) is 31.0 Å². The van der Waals surface area contributed by atoms with Crippen LogP contribution in [0.5, 0.6) is 0 Å². The summed E-state index contributed by atoms with van der Waals surface area (Å²) in [6.45, 7) is 1.98. The van der Waals surface area contributed by atoms with E-state index in [1.807, 2.05) is 6.92 Å². The van der Waals surface area contributed by atoms with E-state index in [4.69, 9.17) is 5.10 Å². The Morgan fingerprint density at radius 2 is 2.03 bits per heavy atom. The van der Waals surface area contributed by atoms with E-state index in [1.54, 1.807) is 28.4 Å². The molecule has 0 unspecified atom stereocenters. The highest BCUT2D eigenvalue weighted by Gasteiger charge is 2.47. The lowest BCUT2D eigenvalue weighted by Gasteiger charge is -2.08. The van der Waals surface area contributed by atoms with E-state index in [0.29, 0.717) is 27.7 Å². The van der Waals surface area contributed by atoms with E-state index < -0.39 is 17.2 Å². The van der Waals surface area contributed by atoms with Gasteiger partial charge in [0.1, 0.15) is 16.4 Å². The second-order valence-electron chi connectivity index (χ2n) is 7.43. The summed E-state index contributed by atoms with van der Waals surface area (Å²) < 4.78 is 42.7. The average Bonchev–Trinajstić information content (AvgIpc) is 3.36. The van der Waals surface area contributed by atoms with Crippen LogP contribution in [0.3, 0.4) is 0 Å². The van der Waals surface area contributed by atoms with Crippen molar-refractivity contribution in [2.75, 3.05) is 5.75 Å². The van der Waals surface area contributed by atoms with E-state index in [2.05, 4.69) is 21.0 Å². The Balaban J connectivity index is 1.77. The van der Waals surface area contributed by atoms with Crippen LogP contribution in [-0.2, 0) is 18.6 Å². The third-order valence-corrected chi connectivity index (χ3v) is 6.33. The van der Waals surface area contributed by atoms with Crippen LogP contribution >= 0.6 is 11.8 Å². The van der Waals surface area contributed by atoms with Gasteiger partial charge in [-0.1, -0.05) is 6.92 Å². The fourth-order valence-electron chi connectivity index (χ4n) is 3.73. The van der Waals surface area contributed by atoms with Crippen LogP contribution in [0.25, 0.3) is 28.2 Å². The summed E-state index contributed by atoms with van der Waals surface area (Å²) in [5.74, 6) is 1.16. The van der Waals surface area contributed by atoms with E-state index in [0.717, 1.165) is 36.6 Å². The predicted octanol–water partition coefficient (Wildman–Crippen LogP) is 4.36. The number of nitriles is 1. The van der Waals surface area contributed by atoms with Gasteiger partial charge >= 0.3 is 6.18 Å². The SMILES string of the molecule is CCSc1nn2c(C3(C#N)CC3)ccnc2c1-c1nc2cc(C(F)(F)F)cnc2n1C. The molecule has 0 bridgehead atoms. The molecule has 1 aliphatic carbocycles. The quantitative estimate of drug-likeness (QED) is 0.436. The highest BCUT2D eigenvalue weighted by Crippen LogP contribution is 2.48. The maximum absolute atomic E-state index is 13.1. The molecule has 0 spiro atoms. The Kier molecular flexibility index (Phi) is 4.27. The molecule has 0 N–H and O–H groups in total. The summed E-state index contributed by atoms with van der Waals surface area (Å²) in [6, 6.07) is 5.18. The van der Waals surface area contributed by atoms with Crippen LogP contribution in [0.15, 0.2) is 29.6 Å². The van der Waals surface area contributed by atoms with Crippen LogP contribution in [0.2, 0.25) is 0 Å². The zero-order valence-electron chi connectivity index (χ0n) is 16.6. The smallest absolute Gasteiger partial charge is 0.312 e. The minimum Gasteiger partial charge on any atom is -0.312 e. The number of pyridine rings is 1. The molecule has 0 atom stereocenters. The van der Waals surface area contributed by atoms with E-state index >= 15 is 0 Å². The lowest BCUT2D eigenvalue weighted by atomic mass is 10.0. The van der Waals surface area contributed by atoms with Gasteiger partial charge in [-0.25, -0.2) is 19.5 Å². The third kappa shape index (κ3) is 2.96. The lowest BCUT2D eigenvalue weighted by Crippen LogP contribution is -2.11. The van der Waals surface area contributed by atoms with Gasteiger partial charge in [-0.3, -0.25) is 0 Å². The molecule has 0 saturated heterocycles. The van der Waals surface area contributed by atoms with E-state index in [9.17, 15) is 18.4 Å². The molecule has 31 heavy (non-hydrogen) atoms. The fourth-order valence-corrected chi connectivity index (χ4v) is 4.47. The Labute approximate surface area is 178 Å². The Hall–Kier alpha value is -3.13. The van der Waals surface area contributed by atoms with Crippen molar-refractivity contribution in [3.8, 4) is 17.5 Å².